The van der Waals surface area contributed by atoms with Crippen molar-refractivity contribution in [2.24, 2.45) is 0 Å². The number of pyridine rings is 1. The summed E-state index contributed by atoms with van der Waals surface area (Å²) in [6.07, 6.45) is 1.81. The Kier molecular flexibility index (Phi) is 5.15. The number of nitrogens with one attached hydrogen (secondary N) is 1. The third-order valence-electron chi connectivity index (χ3n) is 4.62. The van der Waals surface area contributed by atoms with E-state index in [1.165, 1.54) is 5.56 Å². The van der Waals surface area contributed by atoms with Crippen LogP contribution >= 0.6 is 0 Å². The van der Waals surface area contributed by atoms with E-state index in [9.17, 15) is 0 Å². The second-order valence-electron chi connectivity index (χ2n) is 6.70. The SMILES string of the molecule is CCN(Cc1ccccc1)c1nc(C)cc(Nc2cccc3cccnc23)n1. The number of nitrogens with zero attached hydrogens (tertiary/aromatic N) is 4. The van der Waals surface area contributed by atoms with Crippen molar-refractivity contribution in [3.8, 4) is 0 Å². The second kappa shape index (κ2) is 8.05. The molecule has 4 rings (SSSR count). The van der Waals surface area contributed by atoms with Crippen LogP contribution in [0, 0.1) is 6.92 Å². The zero-order valence-electron chi connectivity index (χ0n) is 16.1. The van der Waals surface area contributed by atoms with E-state index in [1.807, 2.05) is 43.5 Å². The Balaban J connectivity index is 1.64. The maximum Gasteiger partial charge on any atom is 0.227 e. The van der Waals surface area contributed by atoms with E-state index in [0.717, 1.165) is 47.1 Å². The molecule has 2 aromatic carbocycles. The molecule has 2 heterocycles. The largest absolute Gasteiger partial charge is 0.338 e. The first kappa shape index (κ1) is 17.9. The number of para-hydroxylation sites is 1. The molecule has 0 saturated heterocycles. The minimum atomic E-state index is 0.724. The molecular formula is C23H23N5. The van der Waals surface area contributed by atoms with Gasteiger partial charge in [0.05, 0.1) is 11.2 Å². The van der Waals surface area contributed by atoms with Gasteiger partial charge in [-0.1, -0.05) is 48.5 Å². The fraction of sp³-hybridized carbons (Fsp3) is 0.174. The van der Waals surface area contributed by atoms with Crippen molar-refractivity contribution in [3.63, 3.8) is 0 Å². The molecule has 1 N–H and O–H groups in total. The standard InChI is InChI=1S/C23H23N5/c1-3-28(16-18-9-5-4-6-10-18)23-25-17(2)15-21(27-23)26-20-13-7-11-19-12-8-14-24-22(19)20/h4-15H,3,16H2,1-2H3,(H,25,26,27). The van der Waals surface area contributed by atoms with Crippen molar-refractivity contribution in [2.75, 3.05) is 16.8 Å². The van der Waals surface area contributed by atoms with E-state index in [1.54, 1.807) is 0 Å². The van der Waals surface area contributed by atoms with E-state index < -0.39 is 0 Å². The summed E-state index contributed by atoms with van der Waals surface area (Å²) >= 11 is 0. The molecule has 0 spiro atoms. The van der Waals surface area contributed by atoms with E-state index in [2.05, 4.69) is 63.5 Å². The maximum atomic E-state index is 4.78. The number of benzene rings is 2. The van der Waals surface area contributed by atoms with Crippen LogP contribution in [-0.2, 0) is 6.54 Å². The first-order valence-corrected chi connectivity index (χ1v) is 9.48. The molecule has 28 heavy (non-hydrogen) atoms. The molecule has 2 aromatic heterocycles. The topological polar surface area (TPSA) is 53.9 Å². The highest BCUT2D eigenvalue weighted by Gasteiger charge is 2.12. The van der Waals surface area contributed by atoms with Crippen LogP contribution in [0.5, 0.6) is 0 Å². The Bertz CT molecular complexity index is 1070. The smallest absolute Gasteiger partial charge is 0.227 e. The van der Waals surface area contributed by atoms with E-state index in [-0.39, 0.29) is 0 Å². The van der Waals surface area contributed by atoms with Gasteiger partial charge in [-0.25, -0.2) is 4.98 Å². The normalized spacial score (nSPS) is 10.8. The van der Waals surface area contributed by atoms with Crippen LogP contribution in [0.1, 0.15) is 18.2 Å². The number of aromatic nitrogens is 3. The van der Waals surface area contributed by atoms with Gasteiger partial charge in [0.15, 0.2) is 0 Å². The molecule has 0 amide bonds. The molecule has 0 radical (unpaired) electrons. The molecule has 0 saturated carbocycles. The van der Waals surface area contributed by atoms with Crippen LogP contribution in [0.4, 0.5) is 17.5 Å². The summed E-state index contributed by atoms with van der Waals surface area (Å²) in [6.45, 7) is 5.72. The summed E-state index contributed by atoms with van der Waals surface area (Å²) in [5.41, 5.74) is 4.03. The minimum absolute atomic E-state index is 0.724. The average Bonchev–Trinajstić information content (AvgIpc) is 2.72. The highest BCUT2D eigenvalue weighted by atomic mass is 15.3. The second-order valence-corrected chi connectivity index (χ2v) is 6.70. The quantitative estimate of drug-likeness (QED) is 0.512. The van der Waals surface area contributed by atoms with Crippen molar-refractivity contribution in [1.82, 2.24) is 15.0 Å². The zero-order chi connectivity index (χ0) is 19.3. The van der Waals surface area contributed by atoms with Crippen LogP contribution in [0.25, 0.3) is 10.9 Å². The number of rotatable bonds is 6. The van der Waals surface area contributed by atoms with E-state index in [0.29, 0.717) is 0 Å². The third kappa shape index (κ3) is 3.93. The Morgan fingerprint density at radius 3 is 2.57 bits per heavy atom. The molecule has 5 nitrogen and oxygen atoms in total. The first-order chi connectivity index (χ1) is 13.7. The van der Waals surface area contributed by atoms with Gasteiger partial charge in [0.25, 0.3) is 0 Å². The molecule has 0 unspecified atom stereocenters. The Morgan fingerprint density at radius 2 is 1.75 bits per heavy atom. The van der Waals surface area contributed by atoms with Crippen molar-refractivity contribution in [1.29, 1.82) is 0 Å². The summed E-state index contributed by atoms with van der Waals surface area (Å²) in [4.78, 5) is 16.1. The molecular weight excluding hydrogens is 346 g/mol. The van der Waals surface area contributed by atoms with E-state index >= 15 is 0 Å². The van der Waals surface area contributed by atoms with Crippen molar-refractivity contribution in [2.45, 2.75) is 20.4 Å². The third-order valence-corrected chi connectivity index (χ3v) is 4.62. The van der Waals surface area contributed by atoms with Gasteiger partial charge in [0.1, 0.15) is 5.82 Å². The Hall–Kier alpha value is -3.47. The first-order valence-electron chi connectivity index (χ1n) is 9.48. The number of hydrogen-bond donors (Lipinski definition) is 1. The lowest BCUT2D eigenvalue weighted by Gasteiger charge is -2.22. The van der Waals surface area contributed by atoms with Gasteiger partial charge >= 0.3 is 0 Å². The fourth-order valence-corrected chi connectivity index (χ4v) is 3.23. The number of hydrogen-bond acceptors (Lipinski definition) is 5. The Labute approximate surface area is 165 Å². The summed E-state index contributed by atoms with van der Waals surface area (Å²) in [5, 5.41) is 4.53. The lowest BCUT2D eigenvalue weighted by atomic mass is 10.2. The van der Waals surface area contributed by atoms with Crippen LogP contribution in [-0.4, -0.2) is 21.5 Å². The summed E-state index contributed by atoms with van der Waals surface area (Å²) in [6, 6.07) is 22.5. The predicted octanol–water partition coefficient (Wildman–Crippen LogP) is 5.10. The zero-order valence-corrected chi connectivity index (χ0v) is 16.1. The molecule has 5 heteroatoms. The van der Waals surface area contributed by atoms with Crippen LogP contribution in [0.15, 0.2) is 72.9 Å². The fourth-order valence-electron chi connectivity index (χ4n) is 3.23. The predicted molar refractivity (Wildman–Crippen MR) is 115 cm³/mol. The van der Waals surface area contributed by atoms with Crippen molar-refractivity contribution in [3.05, 3.63) is 84.2 Å². The monoisotopic (exact) mass is 369 g/mol. The number of anilines is 3. The highest BCUT2D eigenvalue weighted by Crippen LogP contribution is 2.25. The number of fused-ring (bicyclic) bond motifs is 1. The molecule has 0 aliphatic carbocycles. The summed E-state index contributed by atoms with van der Waals surface area (Å²) in [5.74, 6) is 1.49. The van der Waals surface area contributed by atoms with Gasteiger partial charge in [-0.2, -0.15) is 4.98 Å². The molecule has 0 atom stereocenters. The number of aryl methyl sites for hydroxylation is 1. The van der Waals surface area contributed by atoms with Gasteiger partial charge in [-0.3, -0.25) is 4.98 Å². The Morgan fingerprint density at radius 1 is 0.929 bits per heavy atom. The molecule has 4 aromatic rings. The van der Waals surface area contributed by atoms with Crippen LogP contribution in [0.2, 0.25) is 0 Å². The van der Waals surface area contributed by atoms with Crippen molar-refractivity contribution >= 4 is 28.4 Å². The van der Waals surface area contributed by atoms with Crippen LogP contribution in [0.3, 0.4) is 0 Å². The molecule has 0 fully saturated rings. The van der Waals surface area contributed by atoms with Crippen LogP contribution < -0.4 is 10.2 Å². The van der Waals surface area contributed by atoms with Gasteiger partial charge in [-0.05, 0) is 31.5 Å². The van der Waals surface area contributed by atoms with Crippen molar-refractivity contribution < 1.29 is 0 Å². The summed E-state index contributed by atoms with van der Waals surface area (Å²) in [7, 11) is 0. The molecule has 0 bridgehead atoms. The van der Waals surface area contributed by atoms with Gasteiger partial charge < -0.3 is 10.2 Å². The van der Waals surface area contributed by atoms with Gasteiger partial charge in [-0.15, -0.1) is 0 Å². The lowest BCUT2D eigenvalue weighted by Crippen LogP contribution is -2.24. The average molecular weight is 369 g/mol. The molecule has 0 aliphatic heterocycles. The molecule has 140 valence electrons. The highest BCUT2D eigenvalue weighted by molar-refractivity contribution is 5.91. The maximum absolute atomic E-state index is 4.78. The van der Waals surface area contributed by atoms with E-state index in [4.69, 9.17) is 4.98 Å². The lowest BCUT2D eigenvalue weighted by molar-refractivity contribution is 0.788. The summed E-state index contributed by atoms with van der Waals surface area (Å²) < 4.78 is 0. The molecule has 0 aliphatic rings. The van der Waals surface area contributed by atoms with Gasteiger partial charge in [0.2, 0.25) is 5.95 Å². The minimum Gasteiger partial charge on any atom is -0.338 e. The van der Waals surface area contributed by atoms with Gasteiger partial charge in [0, 0.05) is 36.4 Å².